The first-order valence-corrected chi connectivity index (χ1v) is 10.8. The molecule has 6 nitrogen and oxygen atoms in total. The number of Topliss-reactive ketones (excluding diaryl/α,β-unsaturated/α-hetero) is 1. The van der Waals surface area contributed by atoms with Crippen molar-refractivity contribution in [2.75, 3.05) is 18.2 Å². The van der Waals surface area contributed by atoms with Gasteiger partial charge in [-0.15, -0.1) is 0 Å². The highest BCUT2D eigenvalue weighted by Gasteiger charge is 2.42. The fourth-order valence-corrected chi connectivity index (χ4v) is 4.82. The molecule has 1 aliphatic heterocycles. The Kier molecular flexibility index (Phi) is 5.02. The number of nitrogens with zero attached hydrogens (tertiary/aromatic N) is 1. The molecular weight excluding hydrogens is 386 g/mol. The Labute approximate surface area is 174 Å². The molecule has 1 unspecified atom stereocenters. The minimum absolute atomic E-state index is 0.0848. The maximum Gasteiger partial charge on any atom is 0.257 e. The first kappa shape index (κ1) is 19.8. The maximum absolute atomic E-state index is 13.2. The quantitative estimate of drug-likeness (QED) is 0.582. The van der Waals surface area contributed by atoms with Crippen LogP contribution in [0.25, 0.3) is 0 Å². The Morgan fingerprint density at radius 2 is 1.93 bits per heavy atom. The number of ketones is 1. The maximum atomic E-state index is 13.2. The molecule has 4 rings (SSSR count). The number of thioether (sulfide) groups is 1. The summed E-state index contributed by atoms with van der Waals surface area (Å²) in [5.74, 6) is 1.74. The van der Waals surface area contributed by atoms with Crippen LogP contribution in [0.15, 0.2) is 45.5 Å². The van der Waals surface area contributed by atoms with Gasteiger partial charge >= 0.3 is 0 Å². The first-order chi connectivity index (χ1) is 13.8. The van der Waals surface area contributed by atoms with Crippen molar-refractivity contribution in [2.24, 2.45) is 5.41 Å². The van der Waals surface area contributed by atoms with Crippen LogP contribution >= 0.6 is 11.8 Å². The number of aromatic amines is 1. The first-order valence-electron chi connectivity index (χ1n) is 9.77. The smallest absolute Gasteiger partial charge is 0.257 e. The number of hydrogen-bond donors (Lipinski definition) is 2. The van der Waals surface area contributed by atoms with Gasteiger partial charge in [-0.25, -0.2) is 4.98 Å². The zero-order chi connectivity index (χ0) is 20.8. The summed E-state index contributed by atoms with van der Waals surface area (Å²) >= 11 is 1.49. The molecule has 0 saturated carbocycles. The largest absolute Gasteiger partial charge is 0.497 e. The van der Waals surface area contributed by atoms with Crippen molar-refractivity contribution in [3.8, 4) is 5.75 Å². The number of aromatic nitrogens is 2. The van der Waals surface area contributed by atoms with Crippen molar-refractivity contribution in [3.63, 3.8) is 0 Å². The molecule has 7 heteroatoms. The third-order valence-electron chi connectivity index (χ3n) is 5.43. The molecule has 2 N–H and O–H groups in total. The van der Waals surface area contributed by atoms with E-state index in [1.807, 2.05) is 31.2 Å². The Morgan fingerprint density at radius 1 is 1.21 bits per heavy atom. The van der Waals surface area contributed by atoms with E-state index in [9.17, 15) is 9.59 Å². The monoisotopic (exact) mass is 411 g/mol. The summed E-state index contributed by atoms with van der Waals surface area (Å²) in [4.78, 5) is 33.8. The Hall–Kier alpha value is -2.54. The highest BCUT2D eigenvalue weighted by molar-refractivity contribution is 7.99. The molecule has 0 spiro atoms. The highest BCUT2D eigenvalue weighted by atomic mass is 32.2. The molecule has 0 saturated heterocycles. The van der Waals surface area contributed by atoms with Gasteiger partial charge < -0.3 is 15.0 Å². The molecule has 1 aliphatic carbocycles. The minimum atomic E-state index is -0.437. The molecule has 0 bridgehead atoms. The molecule has 1 atom stereocenters. The van der Waals surface area contributed by atoms with Crippen molar-refractivity contribution in [2.45, 2.75) is 44.7 Å². The van der Waals surface area contributed by atoms with Gasteiger partial charge in [0.1, 0.15) is 11.6 Å². The van der Waals surface area contributed by atoms with Gasteiger partial charge in [-0.2, -0.15) is 0 Å². The zero-order valence-corrected chi connectivity index (χ0v) is 17.9. The molecule has 0 radical (unpaired) electrons. The topological polar surface area (TPSA) is 84.1 Å². The lowest BCUT2D eigenvalue weighted by Crippen LogP contribution is -2.37. The van der Waals surface area contributed by atoms with E-state index in [1.165, 1.54) is 11.8 Å². The van der Waals surface area contributed by atoms with E-state index >= 15 is 0 Å². The van der Waals surface area contributed by atoms with Crippen LogP contribution in [0.4, 0.5) is 5.82 Å². The highest BCUT2D eigenvalue weighted by Crippen LogP contribution is 2.47. The molecule has 152 valence electrons. The number of rotatable bonds is 4. The number of ether oxygens (including phenoxy) is 1. The number of benzene rings is 1. The summed E-state index contributed by atoms with van der Waals surface area (Å²) in [7, 11) is 1.61. The van der Waals surface area contributed by atoms with Crippen LogP contribution in [0, 0.1) is 5.41 Å². The lowest BCUT2D eigenvalue weighted by Gasteiger charge is -2.38. The average molecular weight is 412 g/mol. The number of hydrogen-bond acceptors (Lipinski definition) is 6. The van der Waals surface area contributed by atoms with Crippen molar-refractivity contribution in [3.05, 3.63) is 57.0 Å². The molecule has 0 amide bonds. The van der Waals surface area contributed by atoms with Crippen LogP contribution < -0.4 is 15.6 Å². The summed E-state index contributed by atoms with van der Waals surface area (Å²) < 4.78 is 5.27. The number of methoxy groups -OCH3 is 1. The standard InChI is InChI=1S/C22H25N3O3S/c1-5-29-21-24-19-18(20(27)25-21)16(12-6-8-13(28-4)9-7-12)17-14(23-19)10-22(2,3)11-15(17)26/h6-9,16H,5,10-11H2,1-4H3,(H2,23,24,25,27). The SMILES string of the molecule is CCSc1nc2c(c(=O)[nH]1)C(c1ccc(OC)cc1)C1=C(CC(C)(C)CC1=O)N2. The predicted molar refractivity (Wildman–Crippen MR) is 115 cm³/mol. The third kappa shape index (κ3) is 3.59. The van der Waals surface area contributed by atoms with Gasteiger partial charge in [-0.3, -0.25) is 9.59 Å². The van der Waals surface area contributed by atoms with E-state index in [0.29, 0.717) is 28.5 Å². The number of allylic oxidation sites excluding steroid dienone is 2. The van der Waals surface area contributed by atoms with Gasteiger partial charge in [-0.05, 0) is 35.3 Å². The van der Waals surface area contributed by atoms with Crippen molar-refractivity contribution in [1.29, 1.82) is 0 Å². The molecule has 1 aromatic carbocycles. The van der Waals surface area contributed by atoms with Crippen LogP contribution in [0.1, 0.15) is 50.7 Å². The molecular formula is C22H25N3O3S. The van der Waals surface area contributed by atoms with Gasteiger partial charge in [0.2, 0.25) is 0 Å². The summed E-state index contributed by atoms with van der Waals surface area (Å²) in [5.41, 5.74) is 2.62. The fraction of sp³-hybridized carbons (Fsp3) is 0.409. The fourth-order valence-electron chi connectivity index (χ4n) is 4.23. The van der Waals surface area contributed by atoms with Crippen LogP contribution in [0.3, 0.4) is 0 Å². The Bertz CT molecular complexity index is 1050. The van der Waals surface area contributed by atoms with Gasteiger partial charge in [-0.1, -0.05) is 44.7 Å². The number of carbonyl (C=O) groups is 1. The van der Waals surface area contributed by atoms with Gasteiger partial charge in [0.15, 0.2) is 10.9 Å². The number of anilines is 1. The van der Waals surface area contributed by atoms with Crippen LogP contribution in [-0.2, 0) is 4.79 Å². The summed E-state index contributed by atoms with van der Waals surface area (Å²) in [5, 5.41) is 3.92. The van der Waals surface area contributed by atoms with E-state index in [-0.39, 0.29) is 16.8 Å². The summed E-state index contributed by atoms with van der Waals surface area (Å²) in [6.07, 6.45) is 1.20. The minimum Gasteiger partial charge on any atom is -0.497 e. The van der Waals surface area contributed by atoms with Crippen LogP contribution in [0.2, 0.25) is 0 Å². The number of carbonyl (C=O) groups excluding carboxylic acids is 1. The van der Waals surface area contributed by atoms with E-state index in [0.717, 1.165) is 29.2 Å². The van der Waals surface area contributed by atoms with Gasteiger partial charge in [0.25, 0.3) is 5.56 Å². The average Bonchev–Trinajstić information content (AvgIpc) is 2.65. The van der Waals surface area contributed by atoms with E-state index < -0.39 is 5.92 Å². The van der Waals surface area contributed by atoms with Crippen molar-refractivity contribution >= 4 is 23.4 Å². The molecule has 2 aromatic rings. The zero-order valence-electron chi connectivity index (χ0n) is 17.1. The number of fused-ring (bicyclic) bond motifs is 1. The second kappa shape index (κ2) is 7.37. The lowest BCUT2D eigenvalue weighted by molar-refractivity contribution is -0.118. The van der Waals surface area contributed by atoms with Crippen molar-refractivity contribution < 1.29 is 9.53 Å². The second-order valence-electron chi connectivity index (χ2n) is 8.23. The molecule has 0 fully saturated rings. The molecule has 1 aromatic heterocycles. The predicted octanol–water partition coefficient (Wildman–Crippen LogP) is 4.09. The Morgan fingerprint density at radius 3 is 2.59 bits per heavy atom. The molecule has 29 heavy (non-hydrogen) atoms. The van der Waals surface area contributed by atoms with E-state index in [4.69, 9.17) is 4.74 Å². The molecule has 2 heterocycles. The van der Waals surface area contributed by atoms with Crippen molar-refractivity contribution in [1.82, 2.24) is 9.97 Å². The second-order valence-corrected chi connectivity index (χ2v) is 9.48. The normalized spacial score (nSPS) is 20.0. The number of nitrogens with one attached hydrogen (secondary N) is 2. The van der Waals surface area contributed by atoms with Crippen LogP contribution in [0.5, 0.6) is 5.75 Å². The van der Waals surface area contributed by atoms with E-state index in [2.05, 4.69) is 29.1 Å². The summed E-state index contributed by atoms with van der Waals surface area (Å²) in [6, 6.07) is 7.56. The lowest BCUT2D eigenvalue weighted by atomic mass is 9.69. The Balaban J connectivity index is 1.93. The number of H-pyrrole nitrogens is 1. The summed E-state index contributed by atoms with van der Waals surface area (Å²) in [6.45, 7) is 6.20. The molecule has 2 aliphatic rings. The third-order valence-corrected chi connectivity index (χ3v) is 6.19. The van der Waals surface area contributed by atoms with Gasteiger partial charge in [0.05, 0.1) is 12.7 Å². The van der Waals surface area contributed by atoms with Gasteiger partial charge in [0, 0.05) is 23.6 Å². The van der Waals surface area contributed by atoms with Crippen LogP contribution in [-0.4, -0.2) is 28.6 Å². The van der Waals surface area contributed by atoms with E-state index in [1.54, 1.807) is 7.11 Å².